The van der Waals surface area contributed by atoms with Gasteiger partial charge in [0.05, 0.1) is 22.9 Å². The zero-order valence-electron chi connectivity index (χ0n) is 16.3. The van der Waals surface area contributed by atoms with E-state index in [1.54, 1.807) is 24.3 Å². The van der Waals surface area contributed by atoms with E-state index in [2.05, 4.69) is 15.5 Å². The Labute approximate surface area is 172 Å². The molecule has 7 nitrogen and oxygen atoms in total. The summed E-state index contributed by atoms with van der Waals surface area (Å²) in [7, 11) is 4.06. The highest BCUT2D eigenvalue weighted by Gasteiger charge is 2.14. The van der Waals surface area contributed by atoms with Crippen LogP contribution < -0.4 is 15.4 Å². The van der Waals surface area contributed by atoms with E-state index in [1.165, 1.54) is 11.3 Å². The van der Waals surface area contributed by atoms with Gasteiger partial charge in [-0.25, -0.2) is 4.79 Å². The van der Waals surface area contributed by atoms with Crippen LogP contribution in [0.25, 0.3) is 10.1 Å². The molecule has 0 aliphatic heterocycles. The lowest BCUT2D eigenvalue weighted by Crippen LogP contribution is -2.15. The van der Waals surface area contributed by atoms with Crippen LogP contribution in [0.15, 0.2) is 48.5 Å². The fraction of sp³-hybridized carbons (Fsp3) is 0.238. The third-order valence-electron chi connectivity index (χ3n) is 4.15. The number of anilines is 2. The average Bonchev–Trinajstić information content (AvgIpc) is 3.10. The number of amides is 2. The zero-order chi connectivity index (χ0) is 20.8. The van der Waals surface area contributed by atoms with Gasteiger partial charge in [-0.2, -0.15) is 0 Å². The summed E-state index contributed by atoms with van der Waals surface area (Å²) in [4.78, 5) is 26.2. The summed E-state index contributed by atoms with van der Waals surface area (Å²) in [5, 5.41) is 14.9. The number of para-hydroxylation sites is 2. The van der Waals surface area contributed by atoms with Crippen LogP contribution in [-0.2, 0) is 0 Å². The lowest BCUT2D eigenvalue weighted by atomic mass is 10.2. The minimum Gasteiger partial charge on any atom is -0.494 e. The van der Waals surface area contributed by atoms with Crippen molar-refractivity contribution in [2.24, 2.45) is 0 Å². The lowest BCUT2D eigenvalue weighted by Gasteiger charge is -2.10. The molecule has 3 rings (SSSR count). The molecule has 0 saturated heterocycles. The Morgan fingerprint density at radius 1 is 1.07 bits per heavy atom. The minimum atomic E-state index is -1.19. The number of nitrogens with one attached hydrogen (secondary N) is 2. The van der Waals surface area contributed by atoms with Gasteiger partial charge in [0.1, 0.15) is 5.75 Å². The summed E-state index contributed by atoms with van der Waals surface area (Å²) in [5.41, 5.74) is 0.727. The number of nitrogens with zero attached hydrogens (tertiary/aromatic N) is 1. The van der Waals surface area contributed by atoms with Crippen LogP contribution in [0.1, 0.15) is 16.1 Å². The minimum absolute atomic E-state index is 0.292. The molecule has 8 heteroatoms. The molecule has 1 heterocycles. The first-order valence-electron chi connectivity index (χ1n) is 9.14. The molecule has 0 radical (unpaired) electrons. The SMILES string of the molecule is CN(C)CCCOc1ccc2sc(C(=O)Nc3ccccc3NC(=O)O)cc2c1. The van der Waals surface area contributed by atoms with Crippen molar-refractivity contribution in [1.29, 1.82) is 0 Å². The van der Waals surface area contributed by atoms with Crippen LogP contribution in [0.3, 0.4) is 0 Å². The molecule has 0 aliphatic rings. The highest BCUT2D eigenvalue weighted by Crippen LogP contribution is 2.30. The summed E-state index contributed by atoms with van der Waals surface area (Å²) in [5.74, 6) is 0.483. The van der Waals surface area contributed by atoms with Crippen molar-refractivity contribution in [1.82, 2.24) is 4.90 Å². The monoisotopic (exact) mass is 413 g/mol. The van der Waals surface area contributed by atoms with Crippen molar-refractivity contribution < 1.29 is 19.4 Å². The summed E-state index contributed by atoms with van der Waals surface area (Å²) in [6.07, 6.45) is -0.252. The van der Waals surface area contributed by atoms with Crippen LogP contribution in [0, 0.1) is 0 Å². The van der Waals surface area contributed by atoms with E-state index in [9.17, 15) is 9.59 Å². The first-order valence-corrected chi connectivity index (χ1v) is 9.95. The van der Waals surface area contributed by atoms with E-state index in [4.69, 9.17) is 9.84 Å². The normalized spacial score (nSPS) is 10.9. The summed E-state index contributed by atoms with van der Waals surface area (Å²) < 4.78 is 6.78. The van der Waals surface area contributed by atoms with Gasteiger partial charge in [0.15, 0.2) is 0 Å². The summed E-state index contributed by atoms with van der Waals surface area (Å²) in [6, 6.07) is 14.3. The van der Waals surface area contributed by atoms with Gasteiger partial charge in [0, 0.05) is 11.2 Å². The van der Waals surface area contributed by atoms with Gasteiger partial charge in [-0.1, -0.05) is 12.1 Å². The predicted octanol–water partition coefficient (Wildman–Crippen LogP) is 4.57. The quantitative estimate of drug-likeness (QED) is 0.471. The number of thiophene rings is 1. The number of carbonyl (C=O) groups is 2. The molecule has 0 unspecified atom stereocenters. The van der Waals surface area contributed by atoms with Gasteiger partial charge >= 0.3 is 6.09 Å². The Morgan fingerprint density at radius 2 is 1.79 bits per heavy atom. The first-order chi connectivity index (χ1) is 13.9. The summed E-state index contributed by atoms with van der Waals surface area (Å²) >= 11 is 1.37. The molecule has 0 atom stereocenters. The Balaban J connectivity index is 1.70. The third-order valence-corrected chi connectivity index (χ3v) is 5.26. The Kier molecular flexibility index (Phi) is 6.69. The number of fused-ring (bicyclic) bond motifs is 1. The first kappa shape index (κ1) is 20.6. The van der Waals surface area contributed by atoms with E-state index in [1.807, 2.05) is 38.4 Å². The van der Waals surface area contributed by atoms with Gasteiger partial charge in [-0.15, -0.1) is 11.3 Å². The molecule has 0 fully saturated rings. The fourth-order valence-electron chi connectivity index (χ4n) is 2.79. The Hall–Kier alpha value is -3.10. The van der Waals surface area contributed by atoms with Crippen LogP contribution in [0.2, 0.25) is 0 Å². The molecule has 2 amide bonds. The third kappa shape index (κ3) is 5.69. The second kappa shape index (κ2) is 9.40. The van der Waals surface area contributed by atoms with Crippen molar-refractivity contribution in [3.63, 3.8) is 0 Å². The largest absolute Gasteiger partial charge is 0.494 e. The van der Waals surface area contributed by atoms with Crippen molar-refractivity contribution in [3.8, 4) is 5.75 Å². The van der Waals surface area contributed by atoms with Crippen molar-refractivity contribution in [2.75, 3.05) is 37.9 Å². The number of hydrogen-bond donors (Lipinski definition) is 3. The van der Waals surface area contributed by atoms with E-state index in [0.29, 0.717) is 22.9 Å². The summed E-state index contributed by atoms with van der Waals surface area (Å²) in [6.45, 7) is 1.59. The Bertz CT molecular complexity index is 1020. The van der Waals surface area contributed by atoms with Crippen molar-refractivity contribution in [3.05, 3.63) is 53.4 Å². The van der Waals surface area contributed by atoms with E-state index < -0.39 is 6.09 Å². The van der Waals surface area contributed by atoms with Crippen molar-refractivity contribution >= 4 is 44.8 Å². The maximum atomic E-state index is 12.7. The van der Waals surface area contributed by atoms with Crippen LogP contribution in [0.5, 0.6) is 5.75 Å². The molecule has 0 spiro atoms. The average molecular weight is 413 g/mol. The molecule has 0 bridgehead atoms. The van der Waals surface area contributed by atoms with Crippen molar-refractivity contribution in [2.45, 2.75) is 6.42 Å². The number of carboxylic acid groups (broad SMARTS) is 1. The van der Waals surface area contributed by atoms with Gasteiger partial charge in [0.2, 0.25) is 0 Å². The van der Waals surface area contributed by atoms with Crippen LogP contribution in [0.4, 0.5) is 16.2 Å². The van der Waals surface area contributed by atoms with E-state index in [0.717, 1.165) is 28.8 Å². The smallest absolute Gasteiger partial charge is 0.409 e. The highest BCUT2D eigenvalue weighted by atomic mass is 32.1. The molecular weight excluding hydrogens is 390 g/mol. The number of carbonyl (C=O) groups excluding carboxylic acids is 1. The molecule has 3 aromatic rings. The molecular formula is C21H23N3O4S. The highest BCUT2D eigenvalue weighted by molar-refractivity contribution is 7.20. The maximum Gasteiger partial charge on any atom is 0.409 e. The molecule has 1 aromatic heterocycles. The number of benzene rings is 2. The van der Waals surface area contributed by atoms with Gasteiger partial charge in [0.25, 0.3) is 5.91 Å². The molecule has 2 aromatic carbocycles. The van der Waals surface area contributed by atoms with E-state index in [-0.39, 0.29) is 5.91 Å². The van der Waals surface area contributed by atoms with Gasteiger partial charge in [-0.05, 0) is 62.3 Å². The Morgan fingerprint density at radius 3 is 2.48 bits per heavy atom. The van der Waals surface area contributed by atoms with Gasteiger partial charge in [-0.3, -0.25) is 10.1 Å². The van der Waals surface area contributed by atoms with Crippen LogP contribution in [-0.4, -0.2) is 49.3 Å². The molecule has 0 aliphatic carbocycles. The fourth-order valence-corrected chi connectivity index (χ4v) is 3.73. The maximum absolute atomic E-state index is 12.7. The standard InChI is InChI=1S/C21H23N3O4S/c1-24(2)10-5-11-28-15-8-9-18-14(12-15)13-19(29-18)20(25)22-16-6-3-4-7-17(16)23-21(26)27/h3-4,6-9,12-13,23H,5,10-11H2,1-2H3,(H,22,25)(H,26,27). The molecule has 3 N–H and O–H groups in total. The van der Waals surface area contributed by atoms with E-state index >= 15 is 0 Å². The number of rotatable bonds is 8. The second-order valence-corrected chi connectivity index (χ2v) is 7.83. The molecule has 29 heavy (non-hydrogen) atoms. The molecule has 0 saturated carbocycles. The van der Waals surface area contributed by atoms with Crippen LogP contribution >= 0.6 is 11.3 Å². The number of ether oxygens (including phenoxy) is 1. The lowest BCUT2D eigenvalue weighted by molar-refractivity contribution is 0.103. The van der Waals surface area contributed by atoms with Gasteiger partial charge < -0.3 is 20.1 Å². The topological polar surface area (TPSA) is 90.9 Å². The predicted molar refractivity (Wildman–Crippen MR) is 117 cm³/mol. The zero-order valence-corrected chi connectivity index (χ0v) is 17.1. The number of hydrogen-bond acceptors (Lipinski definition) is 5. The second-order valence-electron chi connectivity index (χ2n) is 6.75. The molecule has 152 valence electrons.